The molecule has 21 heavy (non-hydrogen) atoms. The number of carbonyl (C=O) groups excluding carboxylic acids is 1. The van der Waals surface area contributed by atoms with Crippen molar-refractivity contribution in [3.63, 3.8) is 0 Å². The molecule has 0 radical (unpaired) electrons. The molecule has 1 unspecified atom stereocenters. The summed E-state index contributed by atoms with van der Waals surface area (Å²) in [5.41, 5.74) is 2.35. The highest BCUT2D eigenvalue weighted by Gasteiger charge is 2.14. The van der Waals surface area contributed by atoms with Crippen LogP contribution in [0.5, 0.6) is 0 Å². The number of halogens is 2. The monoisotopic (exact) mass is 306 g/mol. The Labute approximate surface area is 128 Å². The summed E-state index contributed by atoms with van der Waals surface area (Å²) in [5.74, 6) is -0.663. The summed E-state index contributed by atoms with van der Waals surface area (Å²) in [7, 11) is 0. The number of hydrogen-bond acceptors (Lipinski definition) is 2. The molecular weight excluding hydrogens is 291 g/mol. The average Bonchev–Trinajstić information content (AvgIpc) is 2.45. The first kappa shape index (κ1) is 15.3. The van der Waals surface area contributed by atoms with Gasteiger partial charge in [0, 0.05) is 11.4 Å². The van der Waals surface area contributed by atoms with Gasteiger partial charge in [-0.25, -0.2) is 4.39 Å². The topological polar surface area (TPSA) is 41.1 Å². The minimum atomic E-state index is -0.487. The molecular formula is C16H16ClFN2O. The summed E-state index contributed by atoms with van der Waals surface area (Å²) in [6.45, 7) is 3.65. The first-order valence-corrected chi connectivity index (χ1v) is 6.93. The van der Waals surface area contributed by atoms with Crippen LogP contribution in [0.1, 0.15) is 12.5 Å². The fourth-order valence-electron chi connectivity index (χ4n) is 1.86. The van der Waals surface area contributed by atoms with E-state index >= 15 is 0 Å². The number of benzene rings is 2. The maximum atomic E-state index is 13.1. The van der Waals surface area contributed by atoms with E-state index in [4.69, 9.17) is 11.6 Å². The van der Waals surface area contributed by atoms with Crippen LogP contribution in [0.2, 0.25) is 5.02 Å². The van der Waals surface area contributed by atoms with Crippen LogP contribution in [0.4, 0.5) is 15.8 Å². The number of para-hydroxylation sites is 1. The molecule has 1 amide bonds. The summed E-state index contributed by atoms with van der Waals surface area (Å²) < 4.78 is 13.1. The first-order chi connectivity index (χ1) is 9.97. The third-order valence-electron chi connectivity index (χ3n) is 3.10. The number of hydrogen-bond donors (Lipinski definition) is 2. The zero-order valence-electron chi connectivity index (χ0n) is 11.8. The van der Waals surface area contributed by atoms with Crippen molar-refractivity contribution in [3.8, 4) is 0 Å². The summed E-state index contributed by atoms with van der Waals surface area (Å²) in [6.07, 6.45) is 0. The molecule has 0 saturated heterocycles. The zero-order chi connectivity index (χ0) is 15.4. The number of anilines is 2. The Morgan fingerprint density at radius 1 is 1.24 bits per heavy atom. The minimum Gasteiger partial charge on any atom is -0.374 e. The maximum absolute atomic E-state index is 13.1. The van der Waals surface area contributed by atoms with Crippen LogP contribution in [0.25, 0.3) is 0 Å². The Hall–Kier alpha value is -2.07. The molecule has 0 saturated carbocycles. The molecule has 2 aromatic rings. The van der Waals surface area contributed by atoms with Gasteiger partial charge in [0.05, 0.1) is 5.02 Å². The quantitative estimate of drug-likeness (QED) is 0.887. The van der Waals surface area contributed by atoms with Crippen LogP contribution < -0.4 is 10.6 Å². The molecule has 2 aromatic carbocycles. The SMILES string of the molecule is Cc1ccccc1NC(=O)C(C)Nc1ccc(F)c(Cl)c1. The molecule has 0 bridgehead atoms. The highest BCUT2D eigenvalue weighted by atomic mass is 35.5. The summed E-state index contributed by atoms with van der Waals surface area (Å²) in [4.78, 5) is 12.1. The van der Waals surface area contributed by atoms with Gasteiger partial charge in [0.2, 0.25) is 5.91 Å². The van der Waals surface area contributed by atoms with Gasteiger partial charge in [0.15, 0.2) is 0 Å². The van der Waals surface area contributed by atoms with E-state index in [1.165, 1.54) is 12.1 Å². The Morgan fingerprint density at radius 2 is 1.95 bits per heavy atom. The lowest BCUT2D eigenvalue weighted by atomic mass is 10.2. The average molecular weight is 307 g/mol. The molecule has 0 aliphatic heterocycles. The lowest BCUT2D eigenvalue weighted by Gasteiger charge is -2.16. The number of rotatable bonds is 4. The summed E-state index contributed by atoms with van der Waals surface area (Å²) in [5, 5.41) is 5.85. The Morgan fingerprint density at radius 3 is 2.62 bits per heavy atom. The maximum Gasteiger partial charge on any atom is 0.246 e. The predicted octanol–water partition coefficient (Wildman–Crippen LogP) is 4.23. The van der Waals surface area contributed by atoms with E-state index in [1.807, 2.05) is 31.2 Å². The minimum absolute atomic E-state index is 0.0199. The van der Waals surface area contributed by atoms with Gasteiger partial charge in [-0.15, -0.1) is 0 Å². The highest BCUT2D eigenvalue weighted by molar-refractivity contribution is 6.31. The molecule has 0 aliphatic carbocycles. The van der Waals surface area contributed by atoms with E-state index < -0.39 is 11.9 Å². The molecule has 0 fully saturated rings. The molecule has 2 N–H and O–H groups in total. The van der Waals surface area contributed by atoms with Crippen LogP contribution in [-0.2, 0) is 4.79 Å². The van der Waals surface area contributed by atoms with Crippen molar-refractivity contribution >= 4 is 28.9 Å². The molecule has 2 rings (SSSR count). The molecule has 110 valence electrons. The second kappa shape index (κ2) is 6.59. The number of aryl methyl sites for hydroxylation is 1. The van der Waals surface area contributed by atoms with Crippen LogP contribution in [0.15, 0.2) is 42.5 Å². The van der Waals surface area contributed by atoms with Crippen LogP contribution in [-0.4, -0.2) is 11.9 Å². The zero-order valence-corrected chi connectivity index (χ0v) is 12.5. The molecule has 3 nitrogen and oxygen atoms in total. The van der Waals surface area contributed by atoms with Gasteiger partial charge in [0.1, 0.15) is 11.9 Å². The van der Waals surface area contributed by atoms with Crippen molar-refractivity contribution in [3.05, 3.63) is 58.9 Å². The first-order valence-electron chi connectivity index (χ1n) is 6.55. The molecule has 0 aromatic heterocycles. The molecule has 0 heterocycles. The number of nitrogens with one attached hydrogen (secondary N) is 2. The van der Waals surface area contributed by atoms with Gasteiger partial charge in [-0.1, -0.05) is 29.8 Å². The number of amides is 1. The molecule has 0 aliphatic rings. The third-order valence-corrected chi connectivity index (χ3v) is 3.39. The Balaban J connectivity index is 2.02. The fourth-order valence-corrected chi connectivity index (χ4v) is 2.04. The lowest BCUT2D eigenvalue weighted by Crippen LogP contribution is -2.32. The van der Waals surface area contributed by atoms with Gasteiger partial charge in [0.25, 0.3) is 0 Å². The van der Waals surface area contributed by atoms with Gasteiger partial charge in [-0.05, 0) is 43.7 Å². The second-order valence-electron chi connectivity index (χ2n) is 4.80. The van der Waals surface area contributed by atoms with E-state index in [1.54, 1.807) is 13.0 Å². The fraction of sp³-hybridized carbons (Fsp3) is 0.188. The van der Waals surface area contributed by atoms with Crippen LogP contribution in [0.3, 0.4) is 0 Å². The highest BCUT2D eigenvalue weighted by Crippen LogP contribution is 2.20. The Kier molecular flexibility index (Phi) is 4.81. The van der Waals surface area contributed by atoms with Crippen LogP contribution >= 0.6 is 11.6 Å². The van der Waals surface area contributed by atoms with Crippen molar-refractivity contribution in [2.24, 2.45) is 0 Å². The summed E-state index contributed by atoms with van der Waals surface area (Å²) >= 11 is 5.71. The van der Waals surface area contributed by atoms with Crippen molar-refractivity contribution in [2.75, 3.05) is 10.6 Å². The van der Waals surface area contributed by atoms with Crippen molar-refractivity contribution in [1.29, 1.82) is 0 Å². The van der Waals surface area contributed by atoms with E-state index in [9.17, 15) is 9.18 Å². The second-order valence-corrected chi connectivity index (χ2v) is 5.21. The van der Waals surface area contributed by atoms with Crippen LogP contribution in [0, 0.1) is 12.7 Å². The molecule has 5 heteroatoms. The van der Waals surface area contributed by atoms with E-state index in [0.29, 0.717) is 5.69 Å². The van der Waals surface area contributed by atoms with Crippen molar-refractivity contribution < 1.29 is 9.18 Å². The number of carbonyl (C=O) groups is 1. The largest absolute Gasteiger partial charge is 0.374 e. The van der Waals surface area contributed by atoms with Crippen molar-refractivity contribution in [2.45, 2.75) is 19.9 Å². The normalized spacial score (nSPS) is 11.8. The van der Waals surface area contributed by atoms with Crippen molar-refractivity contribution in [1.82, 2.24) is 0 Å². The molecule has 1 atom stereocenters. The van der Waals surface area contributed by atoms with Gasteiger partial charge in [-0.3, -0.25) is 4.79 Å². The summed E-state index contributed by atoms with van der Waals surface area (Å²) in [6, 6.07) is 11.3. The van der Waals surface area contributed by atoms with E-state index in [-0.39, 0.29) is 10.9 Å². The lowest BCUT2D eigenvalue weighted by molar-refractivity contribution is -0.116. The smallest absolute Gasteiger partial charge is 0.246 e. The predicted molar refractivity (Wildman–Crippen MR) is 84.3 cm³/mol. The molecule has 0 spiro atoms. The van der Waals surface area contributed by atoms with Gasteiger partial charge in [-0.2, -0.15) is 0 Å². The Bertz CT molecular complexity index is 660. The van der Waals surface area contributed by atoms with Gasteiger partial charge >= 0.3 is 0 Å². The third kappa shape index (κ3) is 3.95. The van der Waals surface area contributed by atoms with E-state index in [0.717, 1.165) is 11.3 Å². The van der Waals surface area contributed by atoms with E-state index in [2.05, 4.69) is 10.6 Å². The standard InChI is InChI=1S/C16H16ClFN2O/c1-10-5-3-4-6-15(10)20-16(21)11(2)19-12-7-8-14(18)13(17)9-12/h3-9,11,19H,1-2H3,(H,20,21). The van der Waals surface area contributed by atoms with Gasteiger partial charge < -0.3 is 10.6 Å².